The first kappa shape index (κ1) is 16.3. The maximum absolute atomic E-state index is 12.4. The van der Waals surface area contributed by atoms with Gasteiger partial charge in [-0.05, 0) is 31.6 Å². The molecule has 21 heavy (non-hydrogen) atoms. The minimum absolute atomic E-state index is 0.0225. The number of amides is 1. The highest BCUT2D eigenvalue weighted by atomic mass is 32.2. The fraction of sp³-hybridized carbons (Fsp3) is 0.857. The second-order valence-electron chi connectivity index (χ2n) is 5.99. The van der Waals surface area contributed by atoms with Crippen molar-refractivity contribution < 1.29 is 22.7 Å². The molecule has 0 N–H and O–H groups in total. The highest BCUT2D eigenvalue weighted by Gasteiger charge is 2.34. The van der Waals surface area contributed by atoms with E-state index in [9.17, 15) is 18.0 Å². The molecule has 0 aromatic rings. The molecule has 2 rings (SSSR count). The first-order chi connectivity index (χ1) is 9.91. The fourth-order valence-corrected chi connectivity index (χ4v) is 5.08. The van der Waals surface area contributed by atoms with Crippen LogP contribution in [0.2, 0.25) is 0 Å². The third-order valence-electron chi connectivity index (χ3n) is 4.37. The topological polar surface area (TPSA) is 80.8 Å². The fourth-order valence-electron chi connectivity index (χ4n) is 3.21. The zero-order chi connectivity index (χ0) is 15.5. The molecule has 2 fully saturated rings. The quantitative estimate of drug-likeness (QED) is 0.715. The van der Waals surface area contributed by atoms with E-state index in [0.29, 0.717) is 13.0 Å². The molecular weight excluding hydrogens is 294 g/mol. The van der Waals surface area contributed by atoms with Crippen LogP contribution in [0, 0.1) is 5.92 Å². The predicted octanol–water partition coefficient (Wildman–Crippen LogP) is 0.755. The summed E-state index contributed by atoms with van der Waals surface area (Å²) in [6.45, 7) is 0.653. The largest absolute Gasteiger partial charge is 0.469 e. The van der Waals surface area contributed by atoms with Gasteiger partial charge in [-0.2, -0.15) is 0 Å². The molecule has 0 aromatic heterocycles. The second-order valence-corrected chi connectivity index (χ2v) is 8.22. The molecule has 0 saturated carbocycles. The van der Waals surface area contributed by atoms with Gasteiger partial charge < -0.3 is 9.64 Å². The number of esters is 1. The summed E-state index contributed by atoms with van der Waals surface area (Å²) >= 11 is 0. The zero-order valence-corrected chi connectivity index (χ0v) is 13.2. The molecule has 120 valence electrons. The van der Waals surface area contributed by atoms with E-state index < -0.39 is 9.84 Å². The third-order valence-corrected chi connectivity index (χ3v) is 6.20. The van der Waals surface area contributed by atoms with Crippen LogP contribution in [0.4, 0.5) is 0 Å². The van der Waals surface area contributed by atoms with Crippen molar-refractivity contribution in [2.45, 2.75) is 44.6 Å². The van der Waals surface area contributed by atoms with Crippen molar-refractivity contribution in [3.63, 3.8) is 0 Å². The maximum atomic E-state index is 12.4. The van der Waals surface area contributed by atoms with Crippen molar-refractivity contribution in [3.8, 4) is 0 Å². The molecule has 2 unspecified atom stereocenters. The number of ether oxygens (including phenoxy) is 1. The number of nitrogens with zero attached hydrogens (tertiary/aromatic N) is 1. The SMILES string of the molecule is COC(=O)CC1CCCCN1C(=O)CC1CCS(=O)(=O)C1. The van der Waals surface area contributed by atoms with E-state index in [1.54, 1.807) is 4.90 Å². The normalized spacial score (nSPS) is 28.3. The molecule has 6 nitrogen and oxygen atoms in total. The van der Waals surface area contributed by atoms with E-state index in [1.807, 2.05) is 0 Å². The van der Waals surface area contributed by atoms with Crippen molar-refractivity contribution in [1.29, 1.82) is 0 Å². The minimum Gasteiger partial charge on any atom is -0.469 e. The van der Waals surface area contributed by atoms with Crippen LogP contribution in [0.1, 0.15) is 38.5 Å². The summed E-state index contributed by atoms with van der Waals surface area (Å²) in [5, 5.41) is 0. The van der Waals surface area contributed by atoms with Gasteiger partial charge in [-0.15, -0.1) is 0 Å². The Bertz CT molecular complexity index is 501. The van der Waals surface area contributed by atoms with Crippen LogP contribution in [0.25, 0.3) is 0 Å². The van der Waals surface area contributed by atoms with Crippen LogP contribution >= 0.6 is 0 Å². The Kier molecular flexibility index (Phi) is 5.24. The molecule has 7 heteroatoms. The number of piperidine rings is 1. The number of hydrogen-bond donors (Lipinski definition) is 0. The average molecular weight is 317 g/mol. The monoisotopic (exact) mass is 317 g/mol. The van der Waals surface area contributed by atoms with Gasteiger partial charge in [-0.3, -0.25) is 9.59 Å². The molecule has 0 spiro atoms. The smallest absolute Gasteiger partial charge is 0.307 e. The number of hydrogen-bond acceptors (Lipinski definition) is 5. The lowest BCUT2D eigenvalue weighted by molar-refractivity contribution is -0.144. The van der Waals surface area contributed by atoms with Gasteiger partial charge in [0.05, 0.1) is 25.0 Å². The molecule has 0 aliphatic carbocycles. The zero-order valence-electron chi connectivity index (χ0n) is 12.4. The van der Waals surface area contributed by atoms with Crippen molar-refractivity contribution in [3.05, 3.63) is 0 Å². The Labute approximate surface area is 125 Å². The lowest BCUT2D eigenvalue weighted by Crippen LogP contribution is -2.45. The lowest BCUT2D eigenvalue weighted by Gasteiger charge is -2.35. The summed E-state index contributed by atoms with van der Waals surface area (Å²) in [4.78, 5) is 25.6. The Hall–Kier alpha value is -1.11. The number of likely N-dealkylation sites (tertiary alicyclic amines) is 1. The Morgan fingerprint density at radius 2 is 1.95 bits per heavy atom. The summed E-state index contributed by atoms with van der Waals surface area (Å²) in [5.41, 5.74) is 0. The van der Waals surface area contributed by atoms with Crippen LogP contribution < -0.4 is 0 Å². The van der Waals surface area contributed by atoms with Gasteiger partial charge in [0.1, 0.15) is 0 Å². The van der Waals surface area contributed by atoms with Crippen molar-refractivity contribution in [2.75, 3.05) is 25.2 Å². The van der Waals surface area contributed by atoms with Gasteiger partial charge in [0.2, 0.25) is 5.91 Å². The summed E-state index contributed by atoms with van der Waals surface area (Å²) in [6, 6.07) is -0.100. The summed E-state index contributed by atoms with van der Waals surface area (Å²) in [6.07, 6.45) is 3.82. The van der Waals surface area contributed by atoms with Crippen LogP contribution in [0.5, 0.6) is 0 Å². The molecule has 1 amide bonds. The average Bonchev–Trinajstić information content (AvgIpc) is 2.78. The van der Waals surface area contributed by atoms with Gasteiger partial charge in [0, 0.05) is 19.0 Å². The molecule has 0 bridgehead atoms. The van der Waals surface area contributed by atoms with Gasteiger partial charge in [-0.25, -0.2) is 8.42 Å². The van der Waals surface area contributed by atoms with E-state index in [1.165, 1.54) is 7.11 Å². The van der Waals surface area contributed by atoms with Crippen LogP contribution in [-0.4, -0.2) is 56.4 Å². The summed E-state index contributed by atoms with van der Waals surface area (Å²) in [7, 11) is -1.61. The number of sulfone groups is 1. The molecule has 2 heterocycles. The van der Waals surface area contributed by atoms with Crippen molar-refractivity contribution in [2.24, 2.45) is 5.92 Å². The van der Waals surface area contributed by atoms with Crippen LogP contribution in [0.3, 0.4) is 0 Å². The van der Waals surface area contributed by atoms with Crippen LogP contribution in [-0.2, 0) is 24.2 Å². The Balaban J connectivity index is 1.94. The van der Waals surface area contributed by atoms with Crippen molar-refractivity contribution >= 4 is 21.7 Å². The van der Waals surface area contributed by atoms with Crippen LogP contribution in [0.15, 0.2) is 0 Å². The molecule has 0 aromatic carbocycles. The van der Waals surface area contributed by atoms with E-state index in [0.717, 1.165) is 19.3 Å². The van der Waals surface area contributed by atoms with E-state index >= 15 is 0 Å². The number of methoxy groups -OCH3 is 1. The first-order valence-corrected chi connectivity index (χ1v) is 9.30. The molecule has 0 radical (unpaired) electrons. The number of carbonyl (C=O) groups is 2. The second kappa shape index (κ2) is 6.77. The summed E-state index contributed by atoms with van der Waals surface area (Å²) in [5.74, 6) is -0.0813. The maximum Gasteiger partial charge on any atom is 0.307 e. The van der Waals surface area contributed by atoms with Gasteiger partial charge in [-0.1, -0.05) is 0 Å². The summed E-state index contributed by atoms with van der Waals surface area (Å²) < 4.78 is 27.6. The molecule has 2 aliphatic rings. The Morgan fingerprint density at radius 1 is 1.19 bits per heavy atom. The van der Waals surface area contributed by atoms with E-state index in [4.69, 9.17) is 0 Å². The first-order valence-electron chi connectivity index (χ1n) is 7.48. The van der Waals surface area contributed by atoms with E-state index in [-0.39, 0.29) is 48.2 Å². The number of rotatable bonds is 4. The van der Waals surface area contributed by atoms with Gasteiger partial charge >= 0.3 is 5.97 Å². The molecule has 2 aliphatic heterocycles. The van der Waals surface area contributed by atoms with Gasteiger partial charge in [0.15, 0.2) is 9.84 Å². The number of carbonyl (C=O) groups excluding carboxylic acids is 2. The highest BCUT2D eigenvalue weighted by molar-refractivity contribution is 7.91. The van der Waals surface area contributed by atoms with Crippen molar-refractivity contribution in [1.82, 2.24) is 4.90 Å². The molecular formula is C14H23NO5S. The standard InChI is InChI=1S/C14H23NO5S/c1-20-14(17)9-12-4-2-3-6-15(12)13(16)8-11-5-7-21(18,19)10-11/h11-12H,2-10H2,1H3. The lowest BCUT2D eigenvalue weighted by atomic mass is 9.97. The third kappa shape index (κ3) is 4.43. The Morgan fingerprint density at radius 3 is 2.57 bits per heavy atom. The highest BCUT2D eigenvalue weighted by Crippen LogP contribution is 2.26. The van der Waals surface area contributed by atoms with Gasteiger partial charge in [0.25, 0.3) is 0 Å². The minimum atomic E-state index is -2.95. The molecule has 2 atom stereocenters. The molecule has 2 saturated heterocycles. The predicted molar refractivity (Wildman–Crippen MR) is 77.4 cm³/mol. The van der Waals surface area contributed by atoms with E-state index in [2.05, 4.69) is 4.74 Å².